The second kappa shape index (κ2) is 3.57. The number of anilines is 1. The summed E-state index contributed by atoms with van der Waals surface area (Å²) < 4.78 is 2.29. The van der Waals surface area contributed by atoms with Crippen molar-refractivity contribution in [1.29, 1.82) is 0 Å². The lowest BCUT2D eigenvalue weighted by atomic mass is 10.1. The SMILES string of the molecule is Cc1nnc(-c2c(N)sc3c2CCC3)n1C1CC1. The number of nitrogens with two attached hydrogens (primary N) is 1. The lowest BCUT2D eigenvalue weighted by molar-refractivity contribution is 0.717. The Labute approximate surface area is 110 Å². The van der Waals surface area contributed by atoms with Gasteiger partial charge < -0.3 is 10.3 Å². The van der Waals surface area contributed by atoms with E-state index < -0.39 is 0 Å². The molecular formula is C13H16N4S. The van der Waals surface area contributed by atoms with Gasteiger partial charge in [0.2, 0.25) is 0 Å². The van der Waals surface area contributed by atoms with Crippen molar-refractivity contribution in [2.75, 3.05) is 5.73 Å². The topological polar surface area (TPSA) is 56.7 Å². The molecule has 2 aliphatic carbocycles. The van der Waals surface area contributed by atoms with Gasteiger partial charge >= 0.3 is 0 Å². The summed E-state index contributed by atoms with van der Waals surface area (Å²) in [6, 6.07) is 0.603. The van der Waals surface area contributed by atoms with Gasteiger partial charge in [0.1, 0.15) is 5.82 Å². The molecule has 0 radical (unpaired) electrons. The summed E-state index contributed by atoms with van der Waals surface area (Å²) in [5, 5.41) is 9.58. The van der Waals surface area contributed by atoms with Crippen LogP contribution in [0.5, 0.6) is 0 Å². The molecule has 0 amide bonds. The third kappa shape index (κ3) is 1.37. The van der Waals surface area contributed by atoms with Crippen LogP contribution < -0.4 is 5.73 Å². The van der Waals surface area contributed by atoms with E-state index in [0.29, 0.717) is 6.04 Å². The maximum atomic E-state index is 6.22. The van der Waals surface area contributed by atoms with Crippen LogP contribution in [-0.4, -0.2) is 14.8 Å². The van der Waals surface area contributed by atoms with E-state index in [4.69, 9.17) is 5.73 Å². The van der Waals surface area contributed by atoms with Gasteiger partial charge in [-0.15, -0.1) is 21.5 Å². The fraction of sp³-hybridized carbons (Fsp3) is 0.538. The van der Waals surface area contributed by atoms with E-state index in [9.17, 15) is 0 Å². The molecule has 5 heteroatoms. The van der Waals surface area contributed by atoms with Crippen molar-refractivity contribution in [3.63, 3.8) is 0 Å². The highest BCUT2D eigenvalue weighted by Crippen LogP contribution is 2.46. The minimum Gasteiger partial charge on any atom is -0.390 e. The highest BCUT2D eigenvalue weighted by Gasteiger charge is 2.32. The fourth-order valence-corrected chi connectivity index (χ4v) is 4.14. The first-order chi connectivity index (χ1) is 8.75. The lowest BCUT2D eigenvalue weighted by Crippen LogP contribution is -2.01. The minimum atomic E-state index is 0.603. The summed E-state index contributed by atoms with van der Waals surface area (Å²) in [4.78, 5) is 1.46. The van der Waals surface area contributed by atoms with Crippen molar-refractivity contribution in [3.8, 4) is 11.4 Å². The van der Waals surface area contributed by atoms with Crippen LogP contribution in [0.4, 0.5) is 5.00 Å². The number of aromatic nitrogens is 3. The molecule has 4 rings (SSSR count). The number of nitrogens with zero attached hydrogens (tertiary/aromatic N) is 3. The van der Waals surface area contributed by atoms with E-state index in [2.05, 4.69) is 14.8 Å². The molecule has 0 aromatic carbocycles. The van der Waals surface area contributed by atoms with Gasteiger partial charge in [-0.25, -0.2) is 0 Å². The molecule has 0 saturated heterocycles. The number of thiophene rings is 1. The normalized spacial score (nSPS) is 18.3. The molecule has 1 saturated carbocycles. The highest BCUT2D eigenvalue weighted by atomic mass is 32.1. The molecule has 94 valence electrons. The Balaban J connectivity index is 1.93. The Morgan fingerprint density at radius 1 is 1.28 bits per heavy atom. The Hall–Kier alpha value is -1.36. The van der Waals surface area contributed by atoms with Crippen LogP contribution in [0.2, 0.25) is 0 Å². The summed E-state index contributed by atoms with van der Waals surface area (Å²) in [6.07, 6.45) is 6.08. The second-order valence-electron chi connectivity index (χ2n) is 5.27. The van der Waals surface area contributed by atoms with Crippen molar-refractivity contribution in [2.45, 2.75) is 45.1 Å². The molecule has 0 atom stereocenters. The molecule has 4 nitrogen and oxygen atoms in total. The van der Waals surface area contributed by atoms with Crippen LogP contribution in [0.3, 0.4) is 0 Å². The Morgan fingerprint density at radius 2 is 2.11 bits per heavy atom. The second-order valence-corrected chi connectivity index (χ2v) is 6.41. The van der Waals surface area contributed by atoms with Crippen LogP contribution in [0.25, 0.3) is 11.4 Å². The molecule has 1 fully saturated rings. The van der Waals surface area contributed by atoms with Gasteiger partial charge in [-0.3, -0.25) is 0 Å². The largest absolute Gasteiger partial charge is 0.390 e. The van der Waals surface area contributed by atoms with Gasteiger partial charge in [0, 0.05) is 10.9 Å². The first-order valence-electron chi connectivity index (χ1n) is 6.57. The molecule has 2 aromatic rings. The summed E-state index contributed by atoms with van der Waals surface area (Å²) in [5.74, 6) is 2.02. The number of fused-ring (bicyclic) bond motifs is 1. The number of rotatable bonds is 2. The first kappa shape index (κ1) is 10.6. The summed E-state index contributed by atoms with van der Waals surface area (Å²) in [7, 11) is 0. The lowest BCUT2D eigenvalue weighted by Gasteiger charge is -2.08. The Kier molecular flexibility index (Phi) is 2.09. The Morgan fingerprint density at radius 3 is 2.89 bits per heavy atom. The third-order valence-electron chi connectivity index (χ3n) is 3.95. The molecule has 0 bridgehead atoms. The quantitative estimate of drug-likeness (QED) is 0.903. The van der Waals surface area contributed by atoms with Gasteiger partial charge in [-0.1, -0.05) is 0 Å². The first-order valence-corrected chi connectivity index (χ1v) is 7.39. The predicted molar refractivity (Wildman–Crippen MR) is 72.8 cm³/mol. The van der Waals surface area contributed by atoms with E-state index in [1.165, 1.54) is 41.7 Å². The molecule has 0 aliphatic heterocycles. The van der Waals surface area contributed by atoms with Crippen molar-refractivity contribution < 1.29 is 0 Å². The molecule has 0 unspecified atom stereocenters. The number of hydrogen-bond donors (Lipinski definition) is 1. The van der Waals surface area contributed by atoms with Gasteiger partial charge in [0.25, 0.3) is 0 Å². The van der Waals surface area contributed by atoms with Crippen LogP contribution in [0.15, 0.2) is 0 Å². The van der Waals surface area contributed by atoms with Gasteiger partial charge in [0.15, 0.2) is 5.82 Å². The maximum absolute atomic E-state index is 6.22. The van der Waals surface area contributed by atoms with Gasteiger partial charge in [-0.2, -0.15) is 0 Å². The maximum Gasteiger partial charge on any atom is 0.167 e. The van der Waals surface area contributed by atoms with Crippen LogP contribution >= 0.6 is 11.3 Å². The molecule has 2 N–H and O–H groups in total. The monoisotopic (exact) mass is 260 g/mol. The predicted octanol–water partition coefficient (Wildman–Crippen LogP) is 2.72. The van der Waals surface area contributed by atoms with E-state index in [-0.39, 0.29) is 0 Å². The molecule has 0 spiro atoms. The van der Waals surface area contributed by atoms with Crippen LogP contribution in [-0.2, 0) is 12.8 Å². The Bertz CT molecular complexity index is 621. The van der Waals surface area contributed by atoms with E-state index in [1.807, 2.05) is 6.92 Å². The summed E-state index contributed by atoms with van der Waals surface area (Å²) in [5.41, 5.74) is 8.84. The minimum absolute atomic E-state index is 0.603. The number of nitrogen functional groups attached to an aromatic ring is 1. The highest BCUT2D eigenvalue weighted by molar-refractivity contribution is 7.16. The fourth-order valence-electron chi connectivity index (χ4n) is 2.98. The van der Waals surface area contributed by atoms with Gasteiger partial charge in [0.05, 0.1) is 10.6 Å². The number of hydrogen-bond acceptors (Lipinski definition) is 4. The van der Waals surface area contributed by atoms with Crippen molar-refractivity contribution in [2.24, 2.45) is 0 Å². The molecule has 2 aromatic heterocycles. The van der Waals surface area contributed by atoms with E-state index >= 15 is 0 Å². The summed E-state index contributed by atoms with van der Waals surface area (Å²) in [6.45, 7) is 2.04. The van der Waals surface area contributed by atoms with Crippen molar-refractivity contribution >= 4 is 16.3 Å². The average Bonchev–Trinajstić information content (AvgIpc) is 2.83. The molecule has 18 heavy (non-hydrogen) atoms. The van der Waals surface area contributed by atoms with Crippen molar-refractivity contribution in [3.05, 3.63) is 16.3 Å². The van der Waals surface area contributed by atoms with Crippen molar-refractivity contribution in [1.82, 2.24) is 14.8 Å². The van der Waals surface area contributed by atoms with Gasteiger partial charge in [-0.05, 0) is 44.6 Å². The zero-order valence-electron chi connectivity index (χ0n) is 10.4. The average molecular weight is 260 g/mol. The zero-order chi connectivity index (χ0) is 12.3. The van der Waals surface area contributed by atoms with E-state index in [1.54, 1.807) is 11.3 Å². The zero-order valence-corrected chi connectivity index (χ0v) is 11.3. The molecule has 2 aliphatic rings. The molecule has 2 heterocycles. The number of aryl methyl sites for hydroxylation is 2. The summed E-state index contributed by atoms with van der Waals surface area (Å²) >= 11 is 1.75. The third-order valence-corrected chi connectivity index (χ3v) is 5.07. The van der Waals surface area contributed by atoms with Crippen LogP contribution in [0.1, 0.15) is 41.6 Å². The smallest absolute Gasteiger partial charge is 0.167 e. The van der Waals surface area contributed by atoms with Crippen LogP contribution in [0, 0.1) is 6.92 Å². The van der Waals surface area contributed by atoms with E-state index in [0.717, 1.165) is 23.1 Å². The standard InChI is InChI=1S/C13H16N4S/c1-7-15-16-13(17(7)8-5-6-8)11-9-3-2-4-10(9)18-12(11)14/h8H,2-6,14H2,1H3. The molecular weight excluding hydrogens is 244 g/mol.